The predicted octanol–water partition coefficient (Wildman–Crippen LogP) is 3.78. The summed E-state index contributed by atoms with van der Waals surface area (Å²) in [5, 5.41) is 6.24. The van der Waals surface area contributed by atoms with Gasteiger partial charge >= 0.3 is 0 Å². The third kappa shape index (κ3) is 5.71. The first-order valence-corrected chi connectivity index (χ1v) is 9.31. The van der Waals surface area contributed by atoms with E-state index in [-0.39, 0.29) is 11.9 Å². The zero-order valence-electron chi connectivity index (χ0n) is 13.7. The Labute approximate surface area is 150 Å². The van der Waals surface area contributed by atoms with Gasteiger partial charge in [0.2, 0.25) is 5.91 Å². The lowest BCUT2D eigenvalue weighted by atomic mass is 10.1. The first-order chi connectivity index (χ1) is 11.0. The molecule has 1 unspecified atom stereocenters. The summed E-state index contributed by atoms with van der Waals surface area (Å²) < 4.78 is 1.04. The molecule has 0 aliphatic heterocycles. The highest BCUT2D eigenvalue weighted by Gasteiger charge is 2.12. The van der Waals surface area contributed by atoms with Gasteiger partial charge in [-0.05, 0) is 38.1 Å². The topological polar surface area (TPSA) is 45.2 Å². The van der Waals surface area contributed by atoms with Crippen molar-refractivity contribution in [1.29, 1.82) is 0 Å². The van der Waals surface area contributed by atoms with E-state index in [0.717, 1.165) is 27.2 Å². The molecule has 1 aromatic heterocycles. The van der Waals surface area contributed by atoms with E-state index >= 15 is 0 Å². The molecule has 0 aliphatic rings. The van der Waals surface area contributed by atoms with Crippen LogP contribution in [0.25, 0.3) is 0 Å². The van der Waals surface area contributed by atoms with Crippen molar-refractivity contribution >= 4 is 33.2 Å². The monoisotopic (exact) mass is 395 g/mol. The number of rotatable bonds is 7. The number of nitrogens with one attached hydrogen (secondary N) is 1. The molecule has 1 atom stereocenters. The van der Waals surface area contributed by atoms with E-state index < -0.39 is 0 Å². The number of hydrogen-bond donors (Lipinski definition) is 1. The molecule has 0 saturated heterocycles. The van der Waals surface area contributed by atoms with Crippen molar-refractivity contribution in [2.24, 2.45) is 0 Å². The summed E-state index contributed by atoms with van der Waals surface area (Å²) >= 11 is 5.09. The van der Waals surface area contributed by atoms with Crippen LogP contribution in [0.15, 0.2) is 34.1 Å². The minimum absolute atomic E-state index is 0.00466. The number of hydrogen-bond acceptors (Lipinski definition) is 4. The molecule has 2 aromatic rings. The van der Waals surface area contributed by atoms with Crippen molar-refractivity contribution in [3.63, 3.8) is 0 Å². The van der Waals surface area contributed by atoms with Crippen molar-refractivity contribution < 1.29 is 4.79 Å². The number of halogens is 1. The van der Waals surface area contributed by atoms with Crippen LogP contribution in [0, 0.1) is 0 Å². The number of carbonyl (C=O) groups is 1. The Kier molecular flexibility index (Phi) is 6.74. The molecule has 0 saturated carbocycles. The lowest BCUT2D eigenvalue weighted by Crippen LogP contribution is -2.36. The van der Waals surface area contributed by atoms with Gasteiger partial charge in [0.1, 0.15) is 0 Å². The Balaban J connectivity index is 1.82. The highest BCUT2D eigenvalue weighted by molar-refractivity contribution is 9.10. The largest absolute Gasteiger partial charge is 0.348 e. The quantitative estimate of drug-likeness (QED) is 0.775. The molecule has 0 spiro atoms. The number of benzene rings is 1. The molecule has 1 N–H and O–H groups in total. The Morgan fingerprint density at radius 2 is 2.09 bits per heavy atom. The van der Waals surface area contributed by atoms with Crippen molar-refractivity contribution in [3.05, 3.63) is 50.4 Å². The van der Waals surface area contributed by atoms with Crippen LogP contribution in [-0.2, 0) is 17.8 Å². The molecule has 4 nitrogen and oxygen atoms in total. The summed E-state index contributed by atoms with van der Waals surface area (Å²) in [4.78, 5) is 18.7. The fourth-order valence-electron chi connectivity index (χ4n) is 2.28. The number of aryl methyl sites for hydroxylation is 1. The van der Waals surface area contributed by atoms with Gasteiger partial charge in [-0.15, -0.1) is 11.3 Å². The number of aromatic nitrogens is 1. The molecular formula is C17H22BrN3OS. The van der Waals surface area contributed by atoms with E-state index in [1.54, 1.807) is 11.3 Å². The van der Waals surface area contributed by atoms with Gasteiger partial charge in [0.25, 0.3) is 0 Å². The first kappa shape index (κ1) is 18.1. The number of amides is 1. The summed E-state index contributed by atoms with van der Waals surface area (Å²) in [6.45, 7) is 5.15. The van der Waals surface area contributed by atoms with Crippen LogP contribution in [0.4, 0.5) is 0 Å². The van der Waals surface area contributed by atoms with E-state index in [0.29, 0.717) is 13.1 Å². The molecule has 0 aliphatic carbocycles. The van der Waals surface area contributed by atoms with Crippen LogP contribution in [0.2, 0.25) is 0 Å². The van der Waals surface area contributed by atoms with Crippen molar-refractivity contribution in [1.82, 2.24) is 15.2 Å². The predicted molar refractivity (Wildman–Crippen MR) is 98.5 cm³/mol. The Bertz CT molecular complexity index is 642. The molecule has 0 bridgehead atoms. The maximum atomic E-state index is 12.2. The summed E-state index contributed by atoms with van der Waals surface area (Å²) in [5.41, 5.74) is 2.12. The van der Waals surface area contributed by atoms with Crippen LogP contribution >= 0.6 is 27.3 Å². The Morgan fingerprint density at radius 3 is 2.70 bits per heavy atom. The number of nitrogens with zero attached hydrogens (tertiary/aromatic N) is 2. The summed E-state index contributed by atoms with van der Waals surface area (Å²) in [5.74, 6) is 0.0221. The average Bonchev–Trinajstić information content (AvgIpc) is 2.95. The number of likely N-dealkylation sites (N-methyl/N-ethyl adjacent to an activating group) is 1. The van der Waals surface area contributed by atoms with E-state index in [1.807, 2.05) is 43.1 Å². The molecule has 124 valence electrons. The van der Waals surface area contributed by atoms with Crippen LogP contribution in [0.1, 0.15) is 36.2 Å². The molecule has 1 heterocycles. The van der Waals surface area contributed by atoms with Gasteiger partial charge in [-0.1, -0.05) is 35.0 Å². The lowest BCUT2D eigenvalue weighted by Gasteiger charge is -2.18. The minimum Gasteiger partial charge on any atom is -0.348 e. The van der Waals surface area contributed by atoms with Gasteiger partial charge in [0, 0.05) is 16.4 Å². The smallest absolute Gasteiger partial charge is 0.234 e. The van der Waals surface area contributed by atoms with Gasteiger partial charge in [-0.2, -0.15) is 0 Å². The Hall–Kier alpha value is -1.24. The molecule has 6 heteroatoms. The zero-order valence-corrected chi connectivity index (χ0v) is 16.1. The second-order valence-corrected chi connectivity index (χ2v) is 7.46. The molecule has 0 fully saturated rings. The Morgan fingerprint density at radius 1 is 1.39 bits per heavy atom. The molecule has 23 heavy (non-hydrogen) atoms. The van der Waals surface area contributed by atoms with Crippen molar-refractivity contribution in [2.75, 3.05) is 13.6 Å². The van der Waals surface area contributed by atoms with Crippen LogP contribution in [0.5, 0.6) is 0 Å². The molecule has 0 radical (unpaired) electrons. The average molecular weight is 396 g/mol. The van der Waals surface area contributed by atoms with Crippen LogP contribution < -0.4 is 5.32 Å². The fraction of sp³-hybridized carbons (Fsp3) is 0.412. The molecule has 1 amide bonds. The fourth-order valence-corrected chi connectivity index (χ4v) is 3.28. The third-order valence-corrected chi connectivity index (χ3v) is 5.07. The van der Waals surface area contributed by atoms with Gasteiger partial charge in [-0.25, -0.2) is 4.98 Å². The highest BCUT2D eigenvalue weighted by atomic mass is 79.9. The number of thiazole rings is 1. The standard InChI is InChI=1S/C17H22BrN3OS/c1-4-17-20-15(11-23-17)9-21(3)10-16(22)19-12(2)13-5-7-14(18)8-6-13/h5-8,11-12H,4,9-10H2,1-3H3,(H,19,22). The molecular weight excluding hydrogens is 374 g/mol. The summed E-state index contributed by atoms with van der Waals surface area (Å²) in [7, 11) is 1.94. The molecule has 2 rings (SSSR count). The maximum absolute atomic E-state index is 12.2. The van der Waals surface area contributed by atoms with Crippen LogP contribution in [0.3, 0.4) is 0 Å². The van der Waals surface area contributed by atoms with E-state index in [1.165, 1.54) is 0 Å². The summed E-state index contributed by atoms with van der Waals surface area (Å²) in [6.07, 6.45) is 0.958. The summed E-state index contributed by atoms with van der Waals surface area (Å²) in [6, 6.07) is 7.99. The van der Waals surface area contributed by atoms with Gasteiger partial charge in [-0.3, -0.25) is 9.69 Å². The first-order valence-electron chi connectivity index (χ1n) is 7.64. The van der Waals surface area contributed by atoms with Crippen molar-refractivity contribution in [2.45, 2.75) is 32.9 Å². The second kappa shape index (κ2) is 8.57. The highest BCUT2D eigenvalue weighted by Crippen LogP contribution is 2.16. The van der Waals surface area contributed by atoms with Crippen molar-refractivity contribution in [3.8, 4) is 0 Å². The SMILES string of the molecule is CCc1nc(CN(C)CC(=O)NC(C)c2ccc(Br)cc2)cs1. The zero-order chi connectivity index (χ0) is 16.8. The second-order valence-electron chi connectivity index (χ2n) is 5.60. The normalized spacial score (nSPS) is 12.4. The maximum Gasteiger partial charge on any atom is 0.234 e. The lowest BCUT2D eigenvalue weighted by molar-refractivity contribution is -0.122. The van der Waals surface area contributed by atoms with E-state index in [2.05, 4.69) is 38.5 Å². The van der Waals surface area contributed by atoms with Gasteiger partial charge in [0.05, 0.1) is 23.3 Å². The minimum atomic E-state index is -0.00466. The van der Waals surface area contributed by atoms with Crippen LogP contribution in [-0.4, -0.2) is 29.4 Å². The van der Waals surface area contributed by atoms with E-state index in [9.17, 15) is 4.79 Å². The van der Waals surface area contributed by atoms with E-state index in [4.69, 9.17) is 0 Å². The molecule has 1 aromatic carbocycles. The third-order valence-electron chi connectivity index (χ3n) is 3.49. The van der Waals surface area contributed by atoms with Gasteiger partial charge < -0.3 is 5.32 Å². The number of carbonyl (C=O) groups excluding carboxylic acids is 1. The van der Waals surface area contributed by atoms with Gasteiger partial charge in [0.15, 0.2) is 0 Å².